The van der Waals surface area contributed by atoms with E-state index >= 15 is 0 Å². The summed E-state index contributed by atoms with van der Waals surface area (Å²) in [7, 11) is 0. The van der Waals surface area contributed by atoms with Crippen molar-refractivity contribution in [1.29, 1.82) is 0 Å². The Bertz CT molecular complexity index is 246. The molecule has 1 heterocycles. The zero-order chi connectivity index (χ0) is 9.52. The molecule has 13 heavy (non-hydrogen) atoms. The average Bonchev–Trinajstić information content (AvgIpc) is 2.15. The van der Waals surface area contributed by atoms with E-state index in [1.54, 1.807) is 12.4 Å². The number of unbranched alkanes of at least 4 members (excludes halogenated alkanes) is 3. The Hall–Kier alpha value is -0.920. The Balaban J connectivity index is 2.32. The lowest BCUT2D eigenvalue weighted by molar-refractivity contribution is 0.657. The summed E-state index contributed by atoms with van der Waals surface area (Å²) in [5.74, 6) is 0. The van der Waals surface area contributed by atoms with Crippen molar-refractivity contribution in [2.75, 3.05) is 0 Å². The topological polar surface area (TPSA) is 25.8 Å². The van der Waals surface area contributed by atoms with Crippen LogP contribution in [0.3, 0.4) is 0 Å². The lowest BCUT2D eigenvalue weighted by Gasteiger charge is -2.02. The lowest BCUT2D eigenvalue weighted by atomic mass is 10.1. The van der Waals surface area contributed by atoms with E-state index in [1.807, 2.05) is 6.92 Å². The van der Waals surface area contributed by atoms with E-state index in [0.29, 0.717) is 0 Å². The molecule has 2 heteroatoms. The number of hydrogen-bond donors (Lipinski definition) is 0. The first kappa shape index (κ1) is 10.2. The van der Waals surface area contributed by atoms with Gasteiger partial charge in [-0.2, -0.15) is 0 Å². The molecule has 0 spiro atoms. The highest BCUT2D eigenvalue weighted by atomic mass is 14.8. The van der Waals surface area contributed by atoms with Gasteiger partial charge in [0, 0.05) is 12.4 Å². The van der Waals surface area contributed by atoms with Crippen LogP contribution in [-0.4, -0.2) is 9.97 Å². The Kier molecular flexibility index (Phi) is 4.44. The fraction of sp³-hybridized carbons (Fsp3) is 0.636. The zero-order valence-electron chi connectivity index (χ0n) is 8.58. The Morgan fingerprint density at radius 3 is 2.54 bits per heavy atom. The number of rotatable bonds is 5. The molecule has 0 saturated carbocycles. The van der Waals surface area contributed by atoms with Crippen molar-refractivity contribution in [2.24, 2.45) is 0 Å². The molecule has 0 aliphatic heterocycles. The van der Waals surface area contributed by atoms with E-state index in [9.17, 15) is 0 Å². The van der Waals surface area contributed by atoms with Gasteiger partial charge in [0.15, 0.2) is 0 Å². The minimum Gasteiger partial charge on any atom is -0.258 e. The SMILES string of the molecule is CCCCCCc1nccnc1C. The van der Waals surface area contributed by atoms with Crippen molar-refractivity contribution >= 4 is 0 Å². The first-order chi connectivity index (χ1) is 6.34. The predicted octanol–water partition coefficient (Wildman–Crippen LogP) is 2.91. The second-order valence-electron chi connectivity index (χ2n) is 3.40. The standard InChI is InChI=1S/C11H18N2/c1-3-4-5-6-7-11-10(2)12-8-9-13-11/h8-9H,3-7H2,1-2H3. The smallest absolute Gasteiger partial charge is 0.0615 e. The van der Waals surface area contributed by atoms with Gasteiger partial charge in [0.25, 0.3) is 0 Å². The molecule has 0 saturated heterocycles. The average molecular weight is 178 g/mol. The Labute approximate surface area is 80.4 Å². The summed E-state index contributed by atoms with van der Waals surface area (Å²) >= 11 is 0. The number of hydrogen-bond acceptors (Lipinski definition) is 2. The molecule has 0 bridgehead atoms. The van der Waals surface area contributed by atoms with E-state index in [1.165, 1.54) is 31.4 Å². The molecule has 0 N–H and O–H groups in total. The summed E-state index contributed by atoms with van der Waals surface area (Å²) in [4.78, 5) is 8.53. The van der Waals surface area contributed by atoms with Crippen molar-refractivity contribution in [3.05, 3.63) is 23.8 Å². The number of aromatic nitrogens is 2. The quantitative estimate of drug-likeness (QED) is 0.648. The van der Waals surface area contributed by atoms with Gasteiger partial charge in [0.1, 0.15) is 0 Å². The molecule has 72 valence electrons. The molecular weight excluding hydrogens is 160 g/mol. The van der Waals surface area contributed by atoms with Gasteiger partial charge in [0.2, 0.25) is 0 Å². The van der Waals surface area contributed by atoms with Crippen LogP contribution in [0.15, 0.2) is 12.4 Å². The van der Waals surface area contributed by atoms with E-state index in [0.717, 1.165) is 12.1 Å². The van der Waals surface area contributed by atoms with E-state index in [4.69, 9.17) is 0 Å². The maximum Gasteiger partial charge on any atom is 0.0615 e. The third-order valence-corrected chi connectivity index (χ3v) is 2.25. The normalized spacial score (nSPS) is 10.3. The van der Waals surface area contributed by atoms with Gasteiger partial charge in [-0.1, -0.05) is 26.2 Å². The van der Waals surface area contributed by atoms with Crippen LogP contribution in [0.5, 0.6) is 0 Å². The maximum absolute atomic E-state index is 4.31. The van der Waals surface area contributed by atoms with E-state index in [2.05, 4.69) is 16.9 Å². The summed E-state index contributed by atoms with van der Waals surface area (Å²) in [6.07, 6.45) is 9.80. The largest absolute Gasteiger partial charge is 0.258 e. The number of nitrogens with zero attached hydrogens (tertiary/aromatic N) is 2. The fourth-order valence-electron chi connectivity index (χ4n) is 1.40. The molecule has 0 aliphatic carbocycles. The molecule has 1 aromatic rings. The van der Waals surface area contributed by atoms with Gasteiger partial charge < -0.3 is 0 Å². The van der Waals surface area contributed by atoms with Crippen LogP contribution >= 0.6 is 0 Å². The highest BCUT2D eigenvalue weighted by Gasteiger charge is 1.98. The minimum absolute atomic E-state index is 1.08. The summed E-state index contributed by atoms with van der Waals surface area (Å²) in [5, 5.41) is 0. The molecule has 1 aromatic heterocycles. The lowest BCUT2D eigenvalue weighted by Crippen LogP contribution is -1.96. The third-order valence-electron chi connectivity index (χ3n) is 2.25. The first-order valence-corrected chi connectivity index (χ1v) is 5.11. The van der Waals surface area contributed by atoms with Crippen molar-refractivity contribution in [2.45, 2.75) is 46.0 Å². The molecule has 1 rings (SSSR count). The first-order valence-electron chi connectivity index (χ1n) is 5.11. The second kappa shape index (κ2) is 5.68. The zero-order valence-corrected chi connectivity index (χ0v) is 8.58. The van der Waals surface area contributed by atoms with Crippen LogP contribution in [0.2, 0.25) is 0 Å². The third kappa shape index (κ3) is 3.53. The molecule has 0 fully saturated rings. The van der Waals surface area contributed by atoms with Gasteiger partial charge in [-0.25, -0.2) is 0 Å². The van der Waals surface area contributed by atoms with Crippen molar-refractivity contribution in [1.82, 2.24) is 9.97 Å². The monoisotopic (exact) mass is 178 g/mol. The molecule has 0 aliphatic rings. The maximum atomic E-state index is 4.31. The van der Waals surface area contributed by atoms with E-state index in [-0.39, 0.29) is 0 Å². The van der Waals surface area contributed by atoms with Crippen LogP contribution in [0.25, 0.3) is 0 Å². The van der Waals surface area contributed by atoms with Gasteiger partial charge >= 0.3 is 0 Å². The van der Waals surface area contributed by atoms with Crippen LogP contribution in [-0.2, 0) is 6.42 Å². The van der Waals surface area contributed by atoms with Gasteiger partial charge in [-0.05, 0) is 19.8 Å². The summed E-state index contributed by atoms with van der Waals surface area (Å²) in [6, 6.07) is 0. The van der Waals surface area contributed by atoms with Crippen LogP contribution in [0, 0.1) is 6.92 Å². The Morgan fingerprint density at radius 1 is 1.08 bits per heavy atom. The number of aryl methyl sites for hydroxylation is 2. The molecule has 0 atom stereocenters. The van der Waals surface area contributed by atoms with Gasteiger partial charge in [-0.3, -0.25) is 9.97 Å². The van der Waals surface area contributed by atoms with Gasteiger partial charge in [0.05, 0.1) is 11.4 Å². The molecule has 0 amide bonds. The minimum atomic E-state index is 1.08. The summed E-state index contributed by atoms with van der Waals surface area (Å²) in [5.41, 5.74) is 2.25. The van der Waals surface area contributed by atoms with Crippen molar-refractivity contribution < 1.29 is 0 Å². The predicted molar refractivity (Wildman–Crippen MR) is 54.6 cm³/mol. The van der Waals surface area contributed by atoms with Crippen molar-refractivity contribution in [3.8, 4) is 0 Å². The Morgan fingerprint density at radius 2 is 1.85 bits per heavy atom. The summed E-state index contributed by atoms with van der Waals surface area (Å²) < 4.78 is 0. The van der Waals surface area contributed by atoms with Crippen LogP contribution in [0.1, 0.15) is 44.0 Å². The second-order valence-corrected chi connectivity index (χ2v) is 3.40. The van der Waals surface area contributed by atoms with Gasteiger partial charge in [-0.15, -0.1) is 0 Å². The molecule has 0 aromatic carbocycles. The molecule has 2 nitrogen and oxygen atoms in total. The fourth-order valence-corrected chi connectivity index (χ4v) is 1.40. The van der Waals surface area contributed by atoms with Crippen LogP contribution < -0.4 is 0 Å². The molecular formula is C11H18N2. The molecule has 0 unspecified atom stereocenters. The molecule has 0 radical (unpaired) electrons. The van der Waals surface area contributed by atoms with Crippen molar-refractivity contribution in [3.63, 3.8) is 0 Å². The van der Waals surface area contributed by atoms with Crippen LogP contribution in [0.4, 0.5) is 0 Å². The summed E-state index contributed by atoms with van der Waals surface area (Å²) in [6.45, 7) is 4.26. The highest BCUT2D eigenvalue weighted by molar-refractivity contribution is 5.07. The van der Waals surface area contributed by atoms with E-state index < -0.39 is 0 Å². The highest BCUT2D eigenvalue weighted by Crippen LogP contribution is 2.07.